The zero-order valence-electron chi connectivity index (χ0n) is 15.9. The van der Waals surface area contributed by atoms with E-state index in [2.05, 4.69) is 6.92 Å². The number of carboxylic acids is 1. The van der Waals surface area contributed by atoms with Gasteiger partial charge in [-0.15, -0.1) is 0 Å². The fourth-order valence-electron chi connectivity index (χ4n) is 2.98. The monoisotopic (exact) mass is 340 g/mol. The van der Waals surface area contributed by atoms with Gasteiger partial charge in [0.2, 0.25) is 0 Å². The van der Waals surface area contributed by atoms with Crippen LogP contribution in [-0.2, 0) is 4.79 Å². The molecule has 0 radical (unpaired) electrons. The van der Waals surface area contributed by atoms with E-state index in [1.54, 1.807) is 0 Å². The van der Waals surface area contributed by atoms with Crippen LogP contribution in [0.4, 0.5) is 0 Å². The van der Waals surface area contributed by atoms with Crippen molar-refractivity contribution < 1.29 is 15.0 Å². The minimum Gasteiger partial charge on any atom is -0.513 e. The molecule has 3 nitrogen and oxygen atoms in total. The van der Waals surface area contributed by atoms with Crippen molar-refractivity contribution in [3.8, 4) is 0 Å². The molecular weight excluding hydrogens is 300 g/mol. The second-order valence-corrected chi connectivity index (χ2v) is 6.99. The van der Waals surface area contributed by atoms with Gasteiger partial charge in [-0.1, -0.05) is 96.8 Å². The van der Waals surface area contributed by atoms with E-state index >= 15 is 0 Å². The van der Waals surface area contributed by atoms with Gasteiger partial charge >= 0.3 is 5.97 Å². The Morgan fingerprint density at radius 3 is 1.42 bits per heavy atom. The average molecular weight is 341 g/mol. The number of unbranched alkanes of at least 4 members (excludes halogenated alkanes) is 14. The minimum atomic E-state index is -0.891. The first-order valence-electron chi connectivity index (χ1n) is 10.3. The summed E-state index contributed by atoms with van der Waals surface area (Å²) in [6, 6.07) is 0. The Hall–Kier alpha value is -0.990. The smallest absolute Gasteiger partial charge is 0.307 e. The number of carboxylic acid groups (broad SMARTS) is 1. The normalized spacial score (nSPS) is 11.8. The number of hydrogen-bond donors (Lipinski definition) is 2. The summed E-state index contributed by atoms with van der Waals surface area (Å²) in [6.07, 6.45) is 21.9. The van der Waals surface area contributed by atoms with Crippen LogP contribution < -0.4 is 0 Å². The van der Waals surface area contributed by atoms with Crippen LogP contribution in [0.3, 0.4) is 0 Å². The maximum Gasteiger partial charge on any atom is 0.307 e. The molecule has 0 heterocycles. The van der Waals surface area contributed by atoms with Crippen LogP contribution in [0.15, 0.2) is 11.8 Å². The van der Waals surface area contributed by atoms with Crippen LogP contribution in [0.2, 0.25) is 0 Å². The van der Waals surface area contributed by atoms with Crippen molar-refractivity contribution in [2.45, 2.75) is 116 Å². The lowest BCUT2D eigenvalue weighted by Gasteiger charge is -2.03. The quantitative estimate of drug-likeness (QED) is 0.205. The summed E-state index contributed by atoms with van der Waals surface area (Å²) >= 11 is 0. The molecule has 142 valence electrons. The largest absolute Gasteiger partial charge is 0.513 e. The van der Waals surface area contributed by atoms with Crippen molar-refractivity contribution >= 4 is 5.97 Å². The fourth-order valence-corrected chi connectivity index (χ4v) is 2.98. The van der Waals surface area contributed by atoms with Gasteiger partial charge in [0.05, 0.1) is 12.2 Å². The molecule has 0 aromatic rings. The third kappa shape index (κ3) is 19.1. The highest BCUT2D eigenvalue weighted by atomic mass is 16.4. The van der Waals surface area contributed by atoms with Gasteiger partial charge in [0, 0.05) is 6.42 Å². The van der Waals surface area contributed by atoms with Crippen LogP contribution in [0.1, 0.15) is 116 Å². The zero-order valence-corrected chi connectivity index (χ0v) is 15.9. The highest BCUT2D eigenvalue weighted by molar-refractivity contribution is 5.68. The van der Waals surface area contributed by atoms with Gasteiger partial charge in [0.15, 0.2) is 0 Å². The summed E-state index contributed by atoms with van der Waals surface area (Å²) in [7, 11) is 0. The fraction of sp³-hybridized carbons (Fsp3) is 0.857. The highest BCUT2D eigenvalue weighted by Gasteiger charge is 1.98. The van der Waals surface area contributed by atoms with Gasteiger partial charge in [-0.05, 0) is 12.5 Å². The summed E-state index contributed by atoms with van der Waals surface area (Å²) in [5.41, 5.74) is 0. The average Bonchev–Trinajstić information content (AvgIpc) is 2.56. The molecule has 0 bridgehead atoms. The SMILES string of the molecule is CCCCCCCCCCCCCCCCCC(O)=CCC(=O)O. The van der Waals surface area contributed by atoms with Crippen LogP contribution in [0, 0.1) is 0 Å². The number of hydrogen-bond acceptors (Lipinski definition) is 2. The van der Waals surface area contributed by atoms with Crippen molar-refractivity contribution in [3.05, 3.63) is 11.8 Å². The number of aliphatic hydroxyl groups is 1. The second kappa shape index (κ2) is 18.4. The molecule has 3 heteroatoms. The molecule has 0 atom stereocenters. The van der Waals surface area contributed by atoms with E-state index < -0.39 is 5.97 Å². The van der Waals surface area contributed by atoms with E-state index in [1.165, 1.54) is 89.5 Å². The third-order valence-corrected chi connectivity index (χ3v) is 4.55. The second-order valence-electron chi connectivity index (χ2n) is 6.99. The molecule has 0 aliphatic rings. The van der Waals surface area contributed by atoms with Crippen LogP contribution in [-0.4, -0.2) is 16.2 Å². The van der Waals surface area contributed by atoms with E-state index in [0.717, 1.165) is 12.8 Å². The topological polar surface area (TPSA) is 57.5 Å². The predicted molar refractivity (Wildman–Crippen MR) is 103 cm³/mol. The number of aliphatic carboxylic acids is 1. The number of rotatable bonds is 18. The maximum absolute atomic E-state index is 10.4. The summed E-state index contributed by atoms with van der Waals surface area (Å²) in [5, 5.41) is 18.0. The number of carbonyl (C=O) groups is 1. The Morgan fingerprint density at radius 2 is 1.04 bits per heavy atom. The Morgan fingerprint density at radius 1 is 0.667 bits per heavy atom. The minimum absolute atomic E-state index is 0.0788. The lowest BCUT2D eigenvalue weighted by Crippen LogP contribution is -1.92. The standard InChI is InChI=1S/C21H40O3/c1-2-3-4-5-6-7-8-9-10-11-12-13-14-15-16-17-20(22)18-19-21(23)24/h18,22H,2-17,19H2,1H3,(H,23,24). The Labute approximate surface area is 149 Å². The van der Waals surface area contributed by atoms with Crippen molar-refractivity contribution in [2.24, 2.45) is 0 Å². The van der Waals surface area contributed by atoms with Gasteiger partial charge < -0.3 is 10.2 Å². The van der Waals surface area contributed by atoms with Crippen molar-refractivity contribution in [2.75, 3.05) is 0 Å². The lowest BCUT2D eigenvalue weighted by atomic mass is 10.0. The zero-order chi connectivity index (χ0) is 17.9. The van der Waals surface area contributed by atoms with Crippen LogP contribution in [0.5, 0.6) is 0 Å². The number of allylic oxidation sites excluding steroid dienone is 1. The summed E-state index contributed by atoms with van der Waals surface area (Å²) in [4.78, 5) is 10.4. The molecule has 0 saturated heterocycles. The molecule has 0 spiro atoms. The molecule has 0 aromatic carbocycles. The van der Waals surface area contributed by atoms with Gasteiger partial charge in [0.25, 0.3) is 0 Å². The molecule has 0 rings (SSSR count). The van der Waals surface area contributed by atoms with Gasteiger partial charge in [-0.2, -0.15) is 0 Å². The molecule has 2 N–H and O–H groups in total. The third-order valence-electron chi connectivity index (χ3n) is 4.55. The van der Waals surface area contributed by atoms with E-state index in [0.29, 0.717) is 6.42 Å². The molecule has 0 amide bonds. The molecule has 0 saturated carbocycles. The molecule has 0 unspecified atom stereocenters. The van der Waals surface area contributed by atoms with Gasteiger partial charge in [-0.3, -0.25) is 4.79 Å². The first kappa shape index (κ1) is 23.0. The molecular formula is C21H40O3. The Balaban J connectivity index is 3.15. The lowest BCUT2D eigenvalue weighted by molar-refractivity contribution is -0.136. The molecule has 0 aliphatic carbocycles. The number of aliphatic hydroxyl groups excluding tert-OH is 1. The molecule has 0 aromatic heterocycles. The first-order valence-corrected chi connectivity index (χ1v) is 10.3. The van der Waals surface area contributed by atoms with Crippen molar-refractivity contribution in [1.82, 2.24) is 0 Å². The van der Waals surface area contributed by atoms with E-state index in [1.807, 2.05) is 0 Å². The van der Waals surface area contributed by atoms with E-state index in [9.17, 15) is 9.90 Å². The van der Waals surface area contributed by atoms with Crippen molar-refractivity contribution in [3.63, 3.8) is 0 Å². The van der Waals surface area contributed by atoms with Crippen molar-refractivity contribution in [1.29, 1.82) is 0 Å². The molecule has 0 fully saturated rings. The highest BCUT2D eigenvalue weighted by Crippen LogP contribution is 2.14. The van der Waals surface area contributed by atoms with E-state index in [4.69, 9.17) is 5.11 Å². The van der Waals surface area contributed by atoms with Gasteiger partial charge in [0.1, 0.15) is 0 Å². The van der Waals surface area contributed by atoms with Crippen LogP contribution >= 0.6 is 0 Å². The van der Waals surface area contributed by atoms with Gasteiger partial charge in [-0.25, -0.2) is 0 Å². The predicted octanol–water partition coefficient (Wildman–Crippen LogP) is 7.16. The maximum atomic E-state index is 10.4. The molecule has 0 aliphatic heterocycles. The van der Waals surface area contributed by atoms with E-state index in [-0.39, 0.29) is 12.2 Å². The first-order chi connectivity index (χ1) is 11.7. The molecule has 24 heavy (non-hydrogen) atoms. The summed E-state index contributed by atoms with van der Waals surface area (Å²) in [5.74, 6) is -0.662. The van der Waals surface area contributed by atoms with Crippen LogP contribution in [0.25, 0.3) is 0 Å². The Kier molecular flexibility index (Phi) is 17.6. The Bertz CT molecular complexity index is 310. The summed E-state index contributed by atoms with van der Waals surface area (Å²) in [6.45, 7) is 2.27. The summed E-state index contributed by atoms with van der Waals surface area (Å²) < 4.78 is 0.